The highest BCUT2D eigenvalue weighted by atomic mass is 16.5. The molecule has 0 fully saturated rings. The number of hydrogen-bond acceptors (Lipinski definition) is 4. The standard InChI is InChI=1S/C18H20N2O3/c1-20(16-6-4-3-5-7-16)13-12-17(21)19-15-10-8-14(9-11-15)18(22)23-2/h3-11H,12-13H2,1-2H3,(H,19,21). The third kappa shape index (κ3) is 4.85. The fraction of sp³-hybridized carbons (Fsp3) is 0.222. The Morgan fingerprint density at radius 3 is 2.30 bits per heavy atom. The number of nitrogens with one attached hydrogen (secondary N) is 1. The normalized spacial score (nSPS) is 10.0. The molecule has 0 aliphatic rings. The smallest absolute Gasteiger partial charge is 0.337 e. The molecular formula is C18H20N2O3. The molecule has 0 aliphatic heterocycles. The van der Waals surface area contributed by atoms with Crippen molar-refractivity contribution in [2.24, 2.45) is 0 Å². The van der Waals surface area contributed by atoms with Crippen LogP contribution in [-0.4, -0.2) is 32.6 Å². The molecule has 0 saturated carbocycles. The molecule has 0 aromatic heterocycles. The van der Waals surface area contributed by atoms with Gasteiger partial charge in [-0.2, -0.15) is 0 Å². The summed E-state index contributed by atoms with van der Waals surface area (Å²) in [5.74, 6) is -0.467. The van der Waals surface area contributed by atoms with Crippen molar-refractivity contribution in [3.63, 3.8) is 0 Å². The topological polar surface area (TPSA) is 58.6 Å². The number of ether oxygens (including phenoxy) is 1. The fourth-order valence-corrected chi connectivity index (χ4v) is 2.11. The Bertz CT molecular complexity index is 654. The van der Waals surface area contributed by atoms with Gasteiger partial charge in [0.2, 0.25) is 5.91 Å². The molecule has 0 atom stereocenters. The van der Waals surface area contributed by atoms with Crippen molar-refractivity contribution in [2.75, 3.05) is 30.9 Å². The van der Waals surface area contributed by atoms with E-state index in [4.69, 9.17) is 0 Å². The first-order valence-corrected chi connectivity index (χ1v) is 7.34. The number of rotatable bonds is 6. The van der Waals surface area contributed by atoms with Crippen LogP contribution < -0.4 is 10.2 Å². The van der Waals surface area contributed by atoms with Crippen LogP contribution in [0.2, 0.25) is 0 Å². The molecule has 0 unspecified atom stereocenters. The molecule has 5 heteroatoms. The Kier molecular flexibility index (Phi) is 5.74. The highest BCUT2D eigenvalue weighted by molar-refractivity contribution is 5.93. The van der Waals surface area contributed by atoms with Gasteiger partial charge in [0.1, 0.15) is 0 Å². The van der Waals surface area contributed by atoms with E-state index in [1.807, 2.05) is 42.3 Å². The van der Waals surface area contributed by atoms with Gasteiger partial charge in [0, 0.05) is 31.4 Å². The third-order valence-corrected chi connectivity index (χ3v) is 3.46. The first-order chi connectivity index (χ1) is 11.1. The Labute approximate surface area is 135 Å². The number of amides is 1. The number of methoxy groups -OCH3 is 1. The van der Waals surface area contributed by atoms with Crippen LogP contribution in [-0.2, 0) is 9.53 Å². The van der Waals surface area contributed by atoms with E-state index in [2.05, 4.69) is 10.1 Å². The van der Waals surface area contributed by atoms with Gasteiger partial charge < -0.3 is 15.0 Å². The van der Waals surface area contributed by atoms with Gasteiger partial charge in [0.25, 0.3) is 0 Å². The first-order valence-electron chi connectivity index (χ1n) is 7.34. The van der Waals surface area contributed by atoms with Gasteiger partial charge in [-0.15, -0.1) is 0 Å². The highest BCUT2D eigenvalue weighted by Crippen LogP contribution is 2.13. The average molecular weight is 312 g/mol. The van der Waals surface area contributed by atoms with E-state index in [1.165, 1.54) is 7.11 Å². The minimum Gasteiger partial charge on any atom is -0.465 e. The van der Waals surface area contributed by atoms with Crippen LogP contribution in [0.1, 0.15) is 16.8 Å². The highest BCUT2D eigenvalue weighted by Gasteiger charge is 2.08. The van der Waals surface area contributed by atoms with Gasteiger partial charge in [-0.3, -0.25) is 4.79 Å². The molecule has 1 amide bonds. The lowest BCUT2D eigenvalue weighted by Crippen LogP contribution is -2.23. The molecule has 0 aliphatic carbocycles. The number of carbonyl (C=O) groups is 2. The summed E-state index contributed by atoms with van der Waals surface area (Å²) in [5.41, 5.74) is 2.18. The summed E-state index contributed by atoms with van der Waals surface area (Å²) in [5, 5.41) is 2.82. The zero-order valence-electron chi connectivity index (χ0n) is 13.3. The van der Waals surface area contributed by atoms with Crippen molar-refractivity contribution >= 4 is 23.3 Å². The molecule has 0 saturated heterocycles. The van der Waals surface area contributed by atoms with Crippen LogP contribution in [0.3, 0.4) is 0 Å². The van der Waals surface area contributed by atoms with Gasteiger partial charge in [-0.1, -0.05) is 18.2 Å². The minimum atomic E-state index is -0.396. The minimum absolute atomic E-state index is 0.0707. The van der Waals surface area contributed by atoms with Crippen LogP contribution in [0.4, 0.5) is 11.4 Å². The predicted octanol–water partition coefficient (Wildman–Crippen LogP) is 2.94. The summed E-state index contributed by atoms with van der Waals surface area (Å²) in [6.07, 6.45) is 0.379. The Morgan fingerprint density at radius 1 is 1.04 bits per heavy atom. The molecule has 2 aromatic carbocycles. The number of hydrogen-bond donors (Lipinski definition) is 1. The summed E-state index contributed by atoms with van der Waals surface area (Å²) in [6, 6.07) is 16.5. The monoisotopic (exact) mass is 312 g/mol. The van der Waals surface area contributed by atoms with Crippen molar-refractivity contribution in [3.8, 4) is 0 Å². The lowest BCUT2D eigenvalue weighted by Gasteiger charge is -2.18. The summed E-state index contributed by atoms with van der Waals surface area (Å²) in [4.78, 5) is 25.4. The Balaban J connectivity index is 1.84. The zero-order valence-corrected chi connectivity index (χ0v) is 13.3. The van der Waals surface area contributed by atoms with E-state index in [0.29, 0.717) is 24.2 Å². The van der Waals surface area contributed by atoms with Crippen LogP contribution in [0, 0.1) is 0 Å². The lowest BCUT2D eigenvalue weighted by molar-refractivity contribution is -0.116. The fourth-order valence-electron chi connectivity index (χ4n) is 2.11. The van der Waals surface area contributed by atoms with Crippen LogP contribution >= 0.6 is 0 Å². The second-order valence-electron chi connectivity index (χ2n) is 5.12. The van der Waals surface area contributed by atoms with E-state index >= 15 is 0 Å². The van der Waals surface area contributed by atoms with Crippen molar-refractivity contribution in [3.05, 3.63) is 60.2 Å². The van der Waals surface area contributed by atoms with E-state index < -0.39 is 5.97 Å². The van der Waals surface area contributed by atoms with Crippen LogP contribution in [0.25, 0.3) is 0 Å². The SMILES string of the molecule is COC(=O)c1ccc(NC(=O)CCN(C)c2ccccc2)cc1. The molecule has 0 radical (unpaired) electrons. The van der Waals surface area contributed by atoms with E-state index in [9.17, 15) is 9.59 Å². The molecule has 2 rings (SSSR count). The largest absolute Gasteiger partial charge is 0.465 e. The number of nitrogens with zero attached hydrogens (tertiary/aromatic N) is 1. The van der Waals surface area contributed by atoms with Crippen LogP contribution in [0.5, 0.6) is 0 Å². The van der Waals surface area contributed by atoms with Gasteiger partial charge in [0.05, 0.1) is 12.7 Å². The molecule has 5 nitrogen and oxygen atoms in total. The molecule has 120 valence electrons. The maximum atomic E-state index is 12.0. The number of esters is 1. The van der Waals surface area contributed by atoms with Crippen molar-refractivity contribution in [1.82, 2.24) is 0 Å². The molecule has 23 heavy (non-hydrogen) atoms. The maximum Gasteiger partial charge on any atom is 0.337 e. The number of benzene rings is 2. The molecule has 0 heterocycles. The van der Waals surface area contributed by atoms with Crippen molar-refractivity contribution in [2.45, 2.75) is 6.42 Å². The molecule has 2 aromatic rings. The van der Waals surface area contributed by atoms with Gasteiger partial charge in [-0.05, 0) is 36.4 Å². The summed E-state index contributed by atoms with van der Waals surface area (Å²) >= 11 is 0. The zero-order chi connectivity index (χ0) is 16.7. The van der Waals surface area contributed by atoms with E-state index in [1.54, 1.807) is 24.3 Å². The third-order valence-electron chi connectivity index (χ3n) is 3.46. The lowest BCUT2D eigenvalue weighted by atomic mass is 10.2. The first kappa shape index (κ1) is 16.5. The van der Waals surface area contributed by atoms with Gasteiger partial charge in [-0.25, -0.2) is 4.79 Å². The predicted molar refractivity (Wildman–Crippen MR) is 90.7 cm³/mol. The van der Waals surface area contributed by atoms with E-state index in [-0.39, 0.29) is 5.91 Å². The van der Waals surface area contributed by atoms with Crippen molar-refractivity contribution in [1.29, 1.82) is 0 Å². The Morgan fingerprint density at radius 2 is 1.70 bits per heavy atom. The summed E-state index contributed by atoms with van der Waals surface area (Å²) < 4.78 is 4.63. The second kappa shape index (κ2) is 7.98. The number of para-hydroxylation sites is 1. The van der Waals surface area contributed by atoms with Gasteiger partial charge in [0.15, 0.2) is 0 Å². The molecular weight excluding hydrogens is 292 g/mol. The molecule has 1 N–H and O–H groups in total. The Hall–Kier alpha value is -2.82. The average Bonchev–Trinajstić information content (AvgIpc) is 2.60. The second-order valence-corrected chi connectivity index (χ2v) is 5.12. The van der Waals surface area contributed by atoms with E-state index in [0.717, 1.165) is 5.69 Å². The summed E-state index contributed by atoms with van der Waals surface area (Å²) in [6.45, 7) is 0.621. The summed E-state index contributed by atoms with van der Waals surface area (Å²) in [7, 11) is 3.29. The quantitative estimate of drug-likeness (QED) is 0.833. The molecule has 0 bridgehead atoms. The maximum absolute atomic E-state index is 12.0. The number of carbonyl (C=O) groups excluding carboxylic acids is 2. The van der Waals surface area contributed by atoms with Crippen LogP contribution in [0.15, 0.2) is 54.6 Å². The van der Waals surface area contributed by atoms with Gasteiger partial charge >= 0.3 is 5.97 Å². The molecule has 0 spiro atoms. The number of anilines is 2. The van der Waals surface area contributed by atoms with Crippen molar-refractivity contribution < 1.29 is 14.3 Å².